The topological polar surface area (TPSA) is 38.7 Å². The summed E-state index contributed by atoms with van der Waals surface area (Å²) in [5, 5.41) is 0. The lowest BCUT2D eigenvalue weighted by atomic mass is 9.89. The van der Waals surface area contributed by atoms with E-state index in [0.29, 0.717) is 13.0 Å². The average Bonchev–Trinajstić information content (AvgIpc) is 2.16. The molecule has 0 unspecified atom stereocenters. The third kappa shape index (κ3) is 8.16. The highest BCUT2D eigenvalue weighted by molar-refractivity contribution is 5.71. The molecule has 3 nitrogen and oxygen atoms in total. The summed E-state index contributed by atoms with van der Waals surface area (Å²) in [4.78, 5) is 15.5. The molecule has 88 valence electrons. The van der Waals surface area contributed by atoms with Gasteiger partial charge in [-0.05, 0) is 19.8 Å². The van der Waals surface area contributed by atoms with E-state index in [1.807, 2.05) is 13.1 Å². The molecule has 0 saturated carbocycles. The minimum Gasteiger partial charge on any atom is -0.466 e. The van der Waals surface area contributed by atoms with Crippen LogP contribution in [0.5, 0.6) is 0 Å². The van der Waals surface area contributed by atoms with E-state index in [1.165, 1.54) is 0 Å². The number of esters is 1. The molecular weight excluding hydrogens is 190 g/mol. The number of nitrogens with zero attached hydrogens (tertiary/aromatic N) is 1. The molecule has 0 radical (unpaired) electrons. The quantitative estimate of drug-likeness (QED) is 0.482. The number of hydrogen-bond donors (Lipinski definition) is 0. The van der Waals surface area contributed by atoms with E-state index in [-0.39, 0.29) is 11.4 Å². The molecule has 0 N–H and O–H groups in total. The maximum atomic E-state index is 11.2. The average molecular weight is 213 g/mol. The van der Waals surface area contributed by atoms with Gasteiger partial charge in [-0.1, -0.05) is 20.8 Å². The number of hydrogen-bond acceptors (Lipinski definition) is 3. The van der Waals surface area contributed by atoms with Gasteiger partial charge in [0.15, 0.2) is 0 Å². The number of rotatable bonds is 7. The van der Waals surface area contributed by atoms with Crippen molar-refractivity contribution in [2.45, 2.75) is 47.0 Å². The predicted molar refractivity (Wildman–Crippen MR) is 63.3 cm³/mol. The van der Waals surface area contributed by atoms with Gasteiger partial charge in [-0.2, -0.15) is 0 Å². The molecule has 0 aliphatic carbocycles. The SMILES string of the molecule is CCCN=CC(C)(C)CCC(=O)OCC. The maximum Gasteiger partial charge on any atom is 0.305 e. The monoisotopic (exact) mass is 213 g/mol. The largest absolute Gasteiger partial charge is 0.466 e. The van der Waals surface area contributed by atoms with Gasteiger partial charge in [0.1, 0.15) is 0 Å². The van der Waals surface area contributed by atoms with Gasteiger partial charge in [-0.3, -0.25) is 9.79 Å². The van der Waals surface area contributed by atoms with Crippen molar-refractivity contribution in [3.63, 3.8) is 0 Å². The fraction of sp³-hybridized carbons (Fsp3) is 0.833. The molecule has 0 aromatic heterocycles. The highest BCUT2D eigenvalue weighted by Crippen LogP contribution is 2.19. The van der Waals surface area contributed by atoms with E-state index < -0.39 is 0 Å². The Labute approximate surface area is 92.9 Å². The molecule has 0 saturated heterocycles. The molecule has 0 spiro atoms. The Hall–Kier alpha value is -0.860. The summed E-state index contributed by atoms with van der Waals surface area (Å²) in [6.07, 6.45) is 4.28. The standard InChI is InChI=1S/C12H23NO2/c1-5-9-13-10-12(3,4)8-7-11(14)15-6-2/h10H,5-9H2,1-4H3. The molecule has 0 atom stereocenters. The molecule has 0 fully saturated rings. The van der Waals surface area contributed by atoms with Crippen LogP contribution in [0, 0.1) is 5.41 Å². The molecule has 0 rings (SSSR count). The predicted octanol–water partition coefficient (Wildman–Crippen LogP) is 2.84. The lowest BCUT2D eigenvalue weighted by Gasteiger charge is -2.18. The molecule has 0 aromatic carbocycles. The first-order chi connectivity index (χ1) is 7.02. The Morgan fingerprint density at radius 2 is 2.07 bits per heavy atom. The van der Waals surface area contributed by atoms with Crippen LogP contribution in [0.3, 0.4) is 0 Å². The van der Waals surface area contributed by atoms with Crippen LogP contribution < -0.4 is 0 Å². The van der Waals surface area contributed by atoms with Crippen LogP contribution in [0.15, 0.2) is 4.99 Å². The van der Waals surface area contributed by atoms with E-state index in [1.54, 1.807) is 0 Å². The highest BCUT2D eigenvalue weighted by Gasteiger charge is 2.16. The van der Waals surface area contributed by atoms with Gasteiger partial charge < -0.3 is 4.74 Å². The van der Waals surface area contributed by atoms with E-state index in [9.17, 15) is 4.79 Å². The Balaban J connectivity index is 3.87. The zero-order chi connectivity index (χ0) is 11.7. The zero-order valence-electron chi connectivity index (χ0n) is 10.4. The summed E-state index contributed by atoms with van der Waals surface area (Å²) in [6.45, 7) is 9.43. The van der Waals surface area contributed by atoms with Crippen molar-refractivity contribution in [2.24, 2.45) is 10.4 Å². The molecule has 0 aliphatic heterocycles. The molecule has 0 heterocycles. The molecule has 0 aromatic rings. The van der Waals surface area contributed by atoms with Crippen LogP contribution in [0.2, 0.25) is 0 Å². The third-order valence-electron chi connectivity index (χ3n) is 2.07. The van der Waals surface area contributed by atoms with Gasteiger partial charge in [0.2, 0.25) is 0 Å². The zero-order valence-corrected chi connectivity index (χ0v) is 10.4. The minimum absolute atomic E-state index is 0.0120. The lowest BCUT2D eigenvalue weighted by Crippen LogP contribution is -2.16. The first kappa shape index (κ1) is 14.1. The Morgan fingerprint density at radius 3 is 2.60 bits per heavy atom. The number of carbonyl (C=O) groups is 1. The fourth-order valence-electron chi connectivity index (χ4n) is 1.16. The van der Waals surface area contributed by atoms with Gasteiger partial charge in [-0.15, -0.1) is 0 Å². The Bertz CT molecular complexity index is 210. The maximum absolute atomic E-state index is 11.2. The van der Waals surface area contributed by atoms with Gasteiger partial charge in [0, 0.05) is 24.6 Å². The van der Waals surface area contributed by atoms with Crippen LogP contribution in [-0.4, -0.2) is 25.3 Å². The van der Waals surface area contributed by atoms with Crippen LogP contribution in [0.1, 0.15) is 47.0 Å². The van der Waals surface area contributed by atoms with Gasteiger partial charge >= 0.3 is 5.97 Å². The molecule has 0 bridgehead atoms. The summed E-state index contributed by atoms with van der Waals surface area (Å²) in [5.41, 5.74) is -0.0120. The Morgan fingerprint density at radius 1 is 1.40 bits per heavy atom. The van der Waals surface area contributed by atoms with Crippen molar-refractivity contribution in [3.05, 3.63) is 0 Å². The van der Waals surface area contributed by atoms with Gasteiger partial charge in [-0.25, -0.2) is 0 Å². The summed E-state index contributed by atoms with van der Waals surface area (Å²) < 4.78 is 4.88. The second-order valence-electron chi connectivity index (χ2n) is 4.33. The van der Waals surface area contributed by atoms with Crippen LogP contribution in [0.4, 0.5) is 0 Å². The van der Waals surface area contributed by atoms with E-state index in [4.69, 9.17) is 4.74 Å². The summed E-state index contributed by atoms with van der Waals surface area (Å²) >= 11 is 0. The molecule has 15 heavy (non-hydrogen) atoms. The van der Waals surface area contributed by atoms with Crippen molar-refractivity contribution in [1.82, 2.24) is 0 Å². The summed E-state index contributed by atoms with van der Waals surface area (Å²) in [6, 6.07) is 0. The second-order valence-corrected chi connectivity index (χ2v) is 4.33. The normalized spacial score (nSPS) is 12.0. The number of ether oxygens (including phenoxy) is 1. The number of carbonyl (C=O) groups excluding carboxylic acids is 1. The minimum atomic E-state index is -0.116. The molecular formula is C12H23NO2. The molecule has 0 aliphatic rings. The van der Waals surface area contributed by atoms with Crippen molar-refractivity contribution in [1.29, 1.82) is 0 Å². The van der Waals surface area contributed by atoms with Crippen LogP contribution in [0.25, 0.3) is 0 Å². The third-order valence-corrected chi connectivity index (χ3v) is 2.07. The van der Waals surface area contributed by atoms with E-state index in [2.05, 4.69) is 25.8 Å². The summed E-state index contributed by atoms with van der Waals surface area (Å²) in [7, 11) is 0. The smallest absolute Gasteiger partial charge is 0.305 e. The first-order valence-corrected chi connectivity index (χ1v) is 5.68. The van der Waals surface area contributed by atoms with Gasteiger partial charge in [0.25, 0.3) is 0 Å². The van der Waals surface area contributed by atoms with Crippen molar-refractivity contribution < 1.29 is 9.53 Å². The molecule has 3 heteroatoms. The van der Waals surface area contributed by atoms with Crippen LogP contribution in [-0.2, 0) is 9.53 Å². The number of aliphatic imine (C=N–C) groups is 1. The van der Waals surface area contributed by atoms with Crippen molar-refractivity contribution in [2.75, 3.05) is 13.2 Å². The second kappa shape index (κ2) is 7.43. The fourth-order valence-corrected chi connectivity index (χ4v) is 1.16. The first-order valence-electron chi connectivity index (χ1n) is 5.68. The van der Waals surface area contributed by atoms with E-state index >= 15 is 0 Å². The van der Waals surface area contributed by atoms with Crippen molar-refractivity contribution >= 4 is 12.2 Å². The highest BCUT2D eigenvalue weighted by atomic mass is 16.5. The summed E-state index contributed by atoms with van der Waals surface area (Å²) in [5.74, 6) is -0.116. The van der Waals surface area contributed by atoms with E-state index in [0.717, 1.165) is 19.4 Å². The lowest BCUT2D eigenvalue weighted by molar-refractivity contribution is -0.143. The Kier molecular flexibility index (Phi) is 7.01. The van der Waals surface area contributed by atoms with Crippen LogP contribution >= 0.6 is 0 Å². The van der Waals surface area contributed by atoms with Crippen molar-refractivity contribution in [3.8, 4) is 0 Å². The van der Waals surface area contributed by atoms with Gasteiger partial charge in [0.05, 0.1) is 6.61 Å². The molecule has 0 amide bonds.